The molecule has 0 unspecified atom stereocenters. The molecule has 0 aliphatic carbocycles. The molecule has 0 fully saturated rings. The Kier molecular flexibility index (Phi) is 3.60. The SMILES string of the molecule is [Ir].[c-]1cccc2c1c1nccn1c1c(-c3cncnc3)cccc21. The van der Waals surface area contributed by atoms with Gasteiger partial charge in [-0.1, -0.05) is 23.6 Å². The summed E-state index contributed by atoms with van der Waals surface area (Å²) >= 11 is 0. The molecular formula is C19H11IrN4-. The maximum absolute atomic E-state index is 4.53. The summed E-state index contributed by atoms with van der Waals surface area (Å²) < 4.78 is 2.12. The maximum Gasteiger partial charge on any atom is 0.115 e. The first-order valence-electron chi connectivity index (χ1n) is 7.37. The van der Waals surface area contributed by atoms with E-state index < -0.39 is 0 Å². The van der Waals surface area contributed by atoms with Crippen LogP contribution < -0.4 is 0 Å². The first kappa shape index (κ1) is 14.9. The maximum atomic E-state index is 4.53. The zero-order valence-corrected chi connectivity index (χ0v) is 14.9. The summed E-state index contributed by atoms with van der Waals surface area (Å²) in [6, 6.07) is 15.7. The smallest absolute Gasteiger partial charge is 0.115 e. The van der Waals surface area contributed by atoms with Gasteiger partial charge in [0, 0.05) is 61.5 Å². The van der Waals surface area contributed by atoms with Crippen molar-refractivity contribution in [3.05, 3.63) is 73.6 Å². The molecule has 0 atom stereocenters. The van der Waals surface area contributed by atoms with Gasteiger partial charge in [-0.3, -0.25) is 4.98 Å². The molecule has 5 heteroatoms. The standard InChI is InChI=1S/C19H11N4.Ir/c1-2-5-17-15(4-1)16-7-3-6-14(13-10-20-12-21-11-13)18(16)23-9-8-22-19(17)23;/h1-4,6-12H;/q-1;. The molecule has 0 saturated carbocycles. The molecule has 0 N–H and O–H groups in total. The zero-order chi connectivity index (χ0) is 15.2. The van der Waals surface area contributed by atoms with E-state index in [9.17, 15) is 0 Å². The van der Waals surface area contributed by atoms with E-state index >= 15 is 0 Å². The van der Waals surface area contributed by atoms with Gasteiger partial charge in [0.2, 0.25) is 0 Å². The third-order valence-electron chi connectivity index (χ3n) is 4.16. The van der Waals surface area contributed by atoms with E-state index in [0.29, 0.717) is 0 Å². The van der Waals surface area contributed by atoms with Crippen molar-refractivity contribution in [2.24, 2.45) is 0 Å². The van der Waals surface area contributed by atoms with Crippen LogP contribution in [0.25, 0.3) is 38.4 Å². The van der Waals surface area contributed by atoms with E-state index in [0.717, 1.165) is 33.1 Å². The van der Waals surface area contributed by atoms with Crippen molar-refractivity contribution >= 4 is 27.3 Å². The van der Waals surface area contributed by atoms with Crippen LogP contribution in [-0.4, -0.2) is 19.4 Å². The molecule has 24 heavy (non-hydrogen) atoms. The minimum absolute atomic E-state index is 0. The van der Waals surface area contributed by atoms with Crippen molar-refractivity contribution in [2.75, 3.05) is 0 Å². The number of fused-ring (bicyclic) bond motifs is 6. The predicted octanol–water partition coefficient (Wildman–Crippen LogP) is 3.90. The van der Waals surface area contributed by atoms with Gasteiger partial charge in [0.1, 0.15) is 6.33 Å². The molecule has 3 heterocycles. The number of para-hydroxylation sites is 1. The Morgan fingerprint density at radius 1 is 0.958 bits per heavy atom. The summed E-state index contributed by atoms with van der Waals surface area (Å²) in [7, 11) is 0. The molecule has 3 aromatic heterocycles. The second-order valence-electron chi connectivity index (χ2n) is 5.41. The van der Waals surface area contributed by atoms with Crippen LogP contribution in [0.4, 0.5) is 0 Å². The minimum atomic E-state index is 0. The van der Waals surface area contributed by atoms with Crippen LogP contribution in [0.5, 0.6) is 0 Å². The molecule has 0 spiro atoms. The number of benzene rings is 2. The quantitative estimate of drug-likeness (QED) is 0.266. The third kappa shape index (κ3) is 2.06. The largest absolute Gasteiger partial charge is 0.340 e. The van der Waals surface area contributed by atoms with Crippen LogP contribution in [0.2, 0.25) is 0 Å². The average Bonchev–Trinajstić information content (AvgIpc) is 3.12. The van der Waals surface area contributed by atoms with Crippen LogP contribution in [0.3, 0.4) is 0 Å². The Morgan fingerprint density at radius 2 is 1.79 bits per heavy atom. The van der Waals surface area contributed by atoms with Crippen molar-refractivity contribution in [3.63, 3.8) is 0 Å². The number of nitrogens with zero attached hydrogens (tertiary/aromatic N) is 4. The van der Waals surface area contributed by atoms with Crippen LogP contribution in [0.15, 0.2) is 67.5 Å². The van der Waals surface area contributed by atoms with Crippen molar-refractivity contribution in [1.82, 2.24) is 19.4 Å². The monoisotopic (exact) mass is 488 g/mol. The van der Waals surface area contributed by atoms with Gasteiger partial charge in [0.05, 0.1) is 5.65 Å². The first-order chi connectivity index (χ1) is 11.4. The fraction of sp³-hybridized carbons (Fsp3) is 0. The molecule has 1 radical (unpaired) electrons. The van der Waals surface area contributed by atoms with Gasteiger partial charge in [0.25, 0.3) is 0 Å². The van der Waals surface area contributed by atoms with Crippen LogP contribution in [-0.2, 0) is 20.1 Å². The second-order valence-corrected chi connectivity index (χ2v) is 5.41. The molecule has 0 saturated heterocycles. The molecule has 0 aliphatic rings. The molecule has 2 aromatic carbocycles. The van der Waals surface area contributed by atoms with Gasteiger partial charge in [-0.15, -0.1) is 29.7 Å². The number of hydrogen-bond acceptors (Lipinski definition) is 3. The molecule has 0 aliphatic heterocycles. The fourth-order valence-corrected chi connectivity index (χ4v) is 3.21. The number of hydrogen-bond donors (Lipinski definition) is 0. The van der Waals surface area contributed by atoms with Crippen molar-refractivity contribution < 1.29 is 20.1 Å². The van der Waals surface area contributed by atoms with Crippen molar-refractivity contribution in [3.8, 4) is 11.1 Å². The van der Waals surface area contributed by atoms with Gasteiger partial charge in [-0.25, -0.2) is 9.97 Å². The van der Waals surface area contributed by atoms with Crippen LogP contribution >= 0.6 is 0 Å². The van der Waals surface area contributed by atoms with Gasteiger partial charge in [0.15, 0.2) is 0 Å². The summed E-state index contributed by atoms with van der Waals surface area (Å²) in [5.74, 6) is 0. The van der Waals surface area contributed by atoms with E-state index in [1.165, 1.54) is 5.39 Å². The number of imidazole rings is 1. The summed E-state index contributed by atoms with van der Waals surface area (Å²) in [6.45, 7) is 0. The first-order valence-corrected chi connectivity index (χ1v) is 7.37. The molecule has 5 aromatic rings. The fourth-order valence-electron chi connectivity index (χ4n) is 3.21. The number of rotatable bonds is 1. The molecule has 0 bridgehead atoms. The molecule has 117 valence electrons. The second kappa shape index (κ2) is 5.78. The summed E-state index contributed by atoms with van der Waals surface area (Å²) in [6.07, 6.45) is 9.04. The van der Waals surface area contributed by atoms with E-state index in [4.69, 9.17) is 0 Å². The van der Waals surface area contributed by atoms with E-state index in [-0.39, 0.29) is 20.1 Å². The number of pyridine rings is 1. The van der Waals surface area contributed by atoms with Crippen molar-refractivity contribution in [2.45, 2.75) is 0 Å². The van der Waals surface area contributed by atoms with E-state index in [1.807, 2.05) is 36.9 Å². The zero-order valence-electron chi connectivity index (χ0n) is 12.5. The summed E-state index contributed by atoms with van der Waals surface area (Å²) in [5, 5.41) is 3.36. The molecule has 0 amide bonds. The van der Waals surface area contributed by atoms with Gasteiger partial charge in [-0.05, 0) is 5.39 Å². The molecule has 5 rings (SSSR count). The van der Waals surface area contributed by atoms with Gasteiger partial charge in [-0.2, -0.15) is 0 Å². The number of aromatic nitrogens is 4. The Morgan fingerprint density at radius 3 is 2.67 bits per heavy atom. The molecule has 4 nitrogen and oxygen atoms in total. The van der Waals surface area contributed by atoms with E-state index in [2.05, 4.69) is 49.7 Å². The Hall–Kier alpha value is -2.62. The van der Waals surface area contributed by atoms with Gasteiger partial charge < -0.3 is 4.40 Å². The summed E-state index contributed by atoms with van der Waals surface area (Å²) in [5.41, 5.74) is 4.11. The van der Waals surface area contributed by atoms with Gasteiger partial charge >= 0.3 is 0 Å². The Balaban J connectivity index is 0.00000146. The Bertz CT molecular complexity index is 1170. The minimum Gasteiger partial charge on any atom is -0.340 e. The predicted molar refractivity (Wildman–Crippen MR) is 90.1 cm³/mol. The van der Waals surface area contributed by atoms with E-state index in [1.54, 1.807) is 6.33 Å². The Labute approximate surface area is 151 Å². The topological polar surface area (TPSA) is 43.1 Å². The van der Waals surface area contributed by atoms with Crippen LogP contribution in [0.1, 0.15) is 0 Å². The normalized spacial score (nSPS) is 11.0. The molecular weight excluding hydrogens is 476 g/mol. The average molecular weight is 488 g/mol. The van der Waals surface area contributed by atoms with Crippen LogP contribution in [0, 0.1) is 6.07 Å². The third-order valence-corrected chi connectivity index (χ3v) is 4.16. The van der Waals surface area contributed by atoms with Crippen molar-refractivity contribution in [1.29, 1.82) is 0 Å². The summed E-state index contributed by atoms with van der Waals surface area (Å²) in [4.78, 5) is 12.8.